The highest BCUT2D eigenvalue weighted by Crippen LogP contribution is 1.99. The second-order valence-electron chi connectivity index (χ2n) is 3.68. The Morgan fingerprint density at radius 2 is 1.89 bits per heavy atom. The standard InChI is InChI=1S/C13H19NO2.C2H6/c1-2-3-9-14-13(15)11-16-10-12-7-5-4-6-8-12;1-2/h4-8H,2-3,9-11H2,1H3,(H,14,15);1-2H3. The lowest BCUT2D eigenvalue weighted by Crippen LogP contribution is -2.28. The average Bonchev–Trinajstić information content (AvgIpc) is 2.42. The normalized spacial score (nSPS) is 9.28. The largest absolute Gasteiger partial charge is 0.367 e. The zero-order chi connectivity index (χ0) is 13.6. The van der Waals surface area contributed by atoms with Crippen LogP contribution in [0.1, 0.15) is 39.2 Å². The number of ether oxygens (including phenoxy) is 1. The molecule has 1 amide bonds. The van der Waals surface area contributed by atoms with E-state index in [0.29, 0.717) is 6.61 Å². The smallest absolute Gasteiger partial charge is 0.246 e. The Kier molecular flexibility index (Phi) is 11.2. The van der Waals surface area contributed by atoms with Crippen LogP contribution in [0.4, 0.5) is 0 Å². The molecule has 1 rings (SSSR count). The van der Waals surface area contributed by atoms with E-state index in [9.17, 15) is 4.79 Å². The van der Waals surface area contributed by atoms with E-state index in [2.05, 4.69) is 12.2 Å². The lowest BCUT2D eigenvalue weighted by atomic mass is 10.2. The summed E-state index contributed by atoms with van der Waals surface area (Å²) in [5, 5.41) is 2.81. The molecule has 1 N–H and O–H groups in total. The summed E-state index contributed by atoms with van der Waals surface area (Å²) in [6.07, 6.45) is 2.11. The van der Waals surface area contributed by atoms with Gasteiger partial charge in [0.2, 0.25) is 5.91 Å². The van der Waals surface area contributed by atoms with Gasteiger partial charge in [-0.05, 0) is 12.0 Å². The van der Waals surface area contributed by atoms with Gasteiger partial charge in [0.25, 0.3) is 0 Å². The fourth-order valence-electron chi connectivity index (χ4n) is 1.29. The quantitative estimate of drug-likeness (QED) is 0.756. The van der Waals surface area contributed by atoms with Crippen LogP contribution >= 0.6 is 0 Å². The van der Waals surface area contributed by atoms with Gasteiger partial charge in [-0.3, -0.25) is 4.79 Å². The molecule has 1 aromatic rings. The number of unbranched alkanes of at least 4 members (excludes halogenated alkanes) is 1. The molecule has 1 aromatic carbocycles. The first-order valence-electron chi connectivity index (χ1n) is 6.71. The Morgan fingerprint density at radius 3 is 2.50 bits per heavy atom. The molecule has 0 radical (unpaired) electrons. The summed E-state index contributed by atoms with van der Waals surface area (Å²) in [6.45, 7) is 7.46. The van der Waals surface area contributed by atoms with E-state index in [0.717, 1.165) is 24.9 Å². The Morgan fingerprint density at radius 1 is 1.22 bits per heavy atom. The minimum Gasteiger partial charge on any atom is -0.367 e. The predicted octanol–water partition coefficient (Wildman–Crippen LogP) is 3.15. The predicted molar refractivity (Wildman–Crippen MR) is 75.4 cm³/mol. The number of benzene rings is 1. The minimum atomic E-state index is -0.0376. The number of carbonyl (C=O) groups is 1. The van der Waals surface area contributed by atoms with Crippen molar-refractivity contribution in [3.05, 3.63) is 35.9 Å². The third kappa shape index (κ3) is 8.76. The van der Waals surface area contributed by atoms with Gasteiger partial charge in [-0.25, -0.2) is 0 Å². The van der Waals surface area contributed by atoms with Crippen LogP contribution in [0.15, 0.2) is 30.3 Å². The van der Waals surface area contributed by atoms with Gasteiger partial charge < -0.3 is 10.1 Å². The Hall–Kier alpha value is -1.35. The first kappa shape index (κ1) is 16.6. The maximum atomic E-state index is 11.3. The van der Waals surface area contributed by atoms with Gasteiger partial charge in [0, 0.05) is 6.54 Å². The Labute approximate surface area is 111 Å². The molecule has 3 nitrogen and oxygen atoms in total. The second kappa shape index (κ2) is 12.1. The monoisotopic (exact) mass is 251 g/mol. The van der Waals surface area contributed by atoms with Crippen molar-refractivity contribution in [3.63, 3.8) is 0 Å². The van der Waals surface area contributed by atoms with E-state index in [1.165, 1.54) is 0 Å². The molecule has 0 aromatic heterocycles. The average molecular weight is 251 g/mol. The summed E-state index contributed by atoms with van der Waals surface area (Å²) < 4.78 is 5.30. The number of nitrogens with one attached hydrogen (secondary N) is 1. The highest BCUT2D eigenvalue weighted by atomic mass is 16.5. The molecule has 0 aliphatic heterocycles. The summed E-state index contributed by atoms with van der Waals surface area (Å²) in [6, 6.07) is 9.84. The molecule has 0 heterocycles. The SMILES string of the molecule is CC.CCCCNC(=O)COCc1ccccc1. The van der Waals surface area contributed by atoms with Crippen LogP contribution in [0.3, 0.4) is 0 Å². The molecule has 0 spiro atoms. The van der Waals surface area contributed by atoms with Gasteiger partial charge in [-0.1, -0.05) is 57.5 Å². The molecule has 3 heteroatoms. The van der Waals surface area contributed by atoms with Crippen molar-refractivity contribution in [2.75, 3.05) is 13.2 Å². The molecule has 0 saturated heterocycles. The number of hydrogen-bond donors (Lipinski definition) is 1. The lowest BCUT2D eigenvalue weighted by Gasteiger charge is -2.05. The molecule has 0 aliphatic carbocycles. The molecular weight excluding hydrogens is 226 g/mol. The van der Waals surface area contributed by atoms with Crippen molar-refractivity contribution in [1.29, 1.82) is 0 Å². The number of hydrogen-bond acceptors (Lipinski definition) is 2. The van der Waals surface area contributed by atoms with E-state index in [1.807, 2.05) is 44.2 Å². The van der Waals surface area contributed by atoms with Crippen LogP contribution < -0.4 is 5.32 Å². The molecule has 0 atom stereocenters. The Balaban J connectivity index is 0.00000137. The van der Waals surface area contributed by atoms with Crippen molar-refractivity contribution >= 4 is 5.91 Å². The van der Waals surface area contributed by atoms with E-state index < -0.39 is 0 Å². The van der Waals surface area contributed by atoms with Crippen molar-refractivity contribution < 1.29 is 9.53 Å². The molecule has 0 aliphatic rings. The van der Waals surface area contributed by atoms with Crippen LogP contribution in [0.25, 0.3) is 0 Å². The van der Waals surface area contributed by atoms with Gasteiger partial charge in [0.15, 0.2) is 0 Å². The van der Waals surface area contributed by atoms with E-state index >= 15 is 0 Å². The van der Waals surface area contributed by atoms with Crippen molar-refractivity contribution in [2.45, 2.75) is 40.2 Å². The van der Waals surface area contributed by atoms with Gasteiger partial charge >= 0.3 is 0 Å². The summed E-state index contributed by atoms with van der Waals surface area (Å²) in [4.78, 5) is 11.3. The maximum absolute atomic E-state index is 11.3. The second-order valence-corrected chi connectivity index (χ2v) is 3.68. The van der Waals surface area contributed by atoms with Gasteiger partial charge in [0.1, 0.15) is 6.61 Å². The first-order valence-corrected chi connectivity index (χ1v) is 6.71. The maximum Gasteiger partial charge on any atom is 0.246 e. The summed E-state index contributed by atoms with van der Waals surface area (Å²) >= 11 is 0. The first-order chi connectivity index (χ1) is 8.83. The fraction of sp³-hybridized carbons (Fsp3) is 0.533. The highest BCUT2D eigenvalue weighted by Gasteiger charge is 2.00. The van der Waals surface area contributed by atoms with Gasteiger partial charge in [-0.2, -0.15) is 0 Å². The zero-order valence-electron chi connectivity index (χ0n) is 11.7. The fourth-order valence-corrected chi connectivity index (χ4v) is 1.29. The number of amides is 1. The number of carbonyl (C=O) groups excluding carboxylic acids is 1. The van der Waals surface area contributed by atoms with Gasteiger partial charge in [0.05, 0.1) is 6.61 Å². The van der Waals surface area contributed by atoms with Crippen LogP contribution in [0.2, 0.25) is 0 Å². The highest BCUT2D eigenvalue weighted by molar-refractivity contribution is 5.77. The van der Waals surface area contributed by atoms with Crippen LogP contribution in [0, 0.1) is 0 Å². The summed E-state index contributed by atoms with van der Waals surface area (Å²) in [5.41, 5.74) is 1.09. The molecule has 18 heavy (non-hydrogen) atoms. The molecule has 0 saturated carbocycles. The van der Waals surface area contributed by atoms with E-state index in [-0.39, 0.29) is 12.5 Å². The van der Waals surface area contributed by atoms with Crippen LogP contribution in [-0.4, -0.2) is 19.1 Å². The Bertz CT molecular complexity index is 299. The van der Waals surface area contributed by atoms with E-state index in [4.69, 9.17) is 4.74 Å². The molecule has 102 valence electrons. The minimum absolute atomic E-state index is 0.0376. The van der Waals surface area contributed by atoms with Crippen LogP contribution in [0.5, 0.6) is 0 Å². The van der Waals surface area contributed by atoms with Crippen molar-refractivity contribution in [2.24, 2.45) is 0 Å². The van der Waals surface area contributed by atoms with Crippen molar-refractivity contribution in [1.82, 2.24) is 5.32 Å². The van der Waals surface area contributed by atoms with Crippen LogP contribution in [-0.2, 0) is 16.1 Å². The molecular formula is C15H25NO2. The molecule has 0 fully saturated rings. The topological polar surface area (TPSA) is 38.3 Å². The summed E-state index contributed by atoms with van der Waals surface area (Å²) in [7, 11) is 0. The van der Waals surface area contributed by atoms with Gasteiger partial charge in [-0.15, -0.1) is 0 Å². The molecule has 0 bridgehead atoms. The number of rotatable bonds is 7. The molecule has 0 unspecified atom stereocenters. The third-order valence-corrected chi connectivity index (χ3v) is 2.20. The van der Waals surface area contributed by atoms with Crippen molar-refractivity contribution in [3.8, 4) is 0 Å². The lowest BCUT2D eigenvalue weighted by molar-refractivity contribution is -0.126. The third-order valence-electron chi connectivity index (χ3n) is 2.20. The zero-order valence-corrected chi connectivity index (χ0v) is 11.7. The van der Waals surface area contributed by atoms with E-state index in [1.54, 1.807) is 0 Å². The summed E-state index contributed by atoms with van der Waals surface area (Å²) in [5.74, 6) is -0.0376.